The number of piperazine rings is 1. The Morgan fingerprint density at radius 2 is 1.79 bits per heavy atom. The van der Waals surface area contributed by atoms with E-state index in [-0.39, 0.29) is 0 Å². The van der Waals surface area contributed by atoms with Crippen LogP contribution in [0.25, 0.3) is 0 Å². The van der Waals surface area contributed by atoms with Crippen molar-refractivity contribution in [3.05, 3.63) is 12.7 Å². The smallest absolute Gasteiger partial charge is 0.0110 e. The first-order chi connectivity index (χ1) is 6.53. The normalized spacial score (nSPS) is 21.1. The van der Waals surface area contributed by atoms with E-state index in [1.807, 2.05) is 0 Å². The van der Waals surface area contributed by atoms with Gasteiger partial charge >= 0.3 is 0 Å². The van der Waals surface area contributed by atoms with E-state index >= 15 is 0 Å². The first kappa shape index (κ1) is 11.7. The van der Waals surface area contributed by atoms with Crippen molar-refractivity contribution in [1.29, 1.82) is 0 Å². The molecule has 0 spiro atoms. The Bertz CT molecular complexity index is 179. The van der Waals surface area contributed by atoms with Crippen LogP contribution in [0.3, 0.4) is 0 Å². The van der Waals surface area contributed by atoms with E-state index in [0.29, 0.717) is 5.41 Å². The molecule has 14 heavy (non-hydrogen) atoms. The minimum Gasteiger partial charge on any atom is -0.304 e. The summed E-state index contributed by atoms with van der Waals surface area (Å²) in [6.07, 6.45) is 3.29. The molecule has 0 amide bonds. The zero-order chi connectivity index (χ0) is 10.6. The minimum absolute atomic E-state index is 0.295. The molecule has 0 saturated carbocycles. The molecule has 0 aromatic carbocycles. The lowest BCUT2D eigenvalue weighted by Crippen LogP contribution is -2.45. The van der Waals surface area contributed by atoms with Crippen LogP contribution < -0.4 is 0 Å². The van der Waals surface area contributed by atoms with Gasteiger partial charge in [0.15, 0.2) is 0 Å². The van der Waals surface area contributed by atoms with E-state index in [2.05, 4.69) is 43.3 Å². The highest BCUT2D eigenvalue weighted by Gasteiger charge is 2.17. The van der Waals surface area contributed by atoms with Crippen LogP contribution in [0, 0.1) is 5.41 Å². The van der Waals surface area contributed by atoms with Gasteiger partial charge in [-0.05, 0) is 25.4 Å². The van der Waals surface area contributed by atoms with Crippen molar-refractivity contribution in [2.24, 2.45) is 5.41 Å². The molecule has 1 saturated heterocycles. The van der Waals surface area contributed by atoms with Crippen molar-refractivity contribution >= 4 is 0 Å². The molecule has 0 radical (unpaired) electrons. The van der Waals surface area contributed by atoms with Crippen molar-refractivity contribution in [3.8, 4) is 0 Å². The van der Waals surface area contributed by atoms with Crippen LogP contribution in [0.1, 0.15) is 20.3 Å². The quantitative estimate of drug-likeness (QED) is 0.633. The largest absolute Gasteiger partial charge is 0.304 e. The summed E-state index contributed by atoms with van der Waals surface area (Å²) in [4.78, 5) is 4.96. The number of nitrogens with zero attached hydrogens (tertiary/aromatic N) is 2. The number of rotatable bonds is 4. The highest BCUT2D eigenvalue weighted by Crippen LogP contribution is 2.21. The molecule has 1 aliphatic heterocycles. The van der Waals surface area contributed by atoms with E-state index < -0.39 is 0 Å². The molecule has 1 rings (SSSR count). The molecule has 1 heterocycles. The monoisotopic (exact) mass is 196 g/mol. The minimum atomic E-state index is 0.295. The molecular weight excluding hydrogens is 172 g/mol. The van der Waals surface area contributed by atoms with Gasteiger partial charge in [0.05, 0.1) is 0 Å². The number of hydrogen-bond donors (Lipinski definition) is 0. The van der Waals surface area contributed by atoms with E-state index in [4.69, 9.17) is 0 Å². The highest BCUT2D eigenvalue weighted by atomic mass is 15.2. The Morgan fingerprint density at radius 1 is 1.21 bits per heavy atom. The molecule has 2 nitrogen and oxygen atoms in total. The maximum absolute atomic E-state index is 3.88. The lowest BCUT2D eigenvalue weighted by atomic mass is 9.89. The summed E-state index contributed by atoms with van der Waals surface area (Å²) >= 11 is 0. The van der Waals surface area contributed by atoms with Crippen LogP contribution in [0.5, 0.6) is 0 Å². The van der Waals surface area contributed by atoms with Crippen molar-refractivity contribution in [1.82, 2.24) is 9.80 Å². The molecular formula is C12H24N2. The first-order valence-corrected chi connectivity index (χ1v) is 5.58. The van der Waals surface area contributed by atoms with Crippen molar-refractivity contribution in [2.75, 3.05) is 39.8 Å². The van der Waals surface area contributed by atoms with Gasteiger partial charge in [-0.15, -0.1) is 6.58 Å². The van der Waals surface area contributed by atoms with Gasteiger partial charge in [0.25, 0.3) is 0 Å². The maximum atomic E-state index is 3.88. The molecule has 1 aliphatic rings. The Labute approximate surface area is 88.6 Å². The Morgan fingerprint density at radius 3 is 2.29 bits per heavy atom. The molecule has 1 fully saturated rings. The second-order valence-electron chi connectivity index (χ2n) is 5.09. The number of hydrogen-bond acceptors (Lipinski definition) is 2. The number of likely N-dealkylation sites (N-methyl/N-ethyl adjacent to an activating group) is 1. The predicted molar refractivity (Wildman–Crippen MR) is 62.5 cm³/mol. The fourth-order valence-corrected chi connectivity index (χ4v) is 1.62. The van der Waals surface area contributed by atoms with Gasteiger partial charge in [-0.1, -0.05) is 19.9 Å². The molecule has 0 aromatic heterocycles. The lowest BCUT2D eigenvalue weighted by Gasteiger charge is -2.34. The third-order valence-corrected chi connectivity index (χ3v) is 3.22. The van der Waals surface area contributed by atoms with Crippen LogP contribution in [0.15, 0.2) is 12.7 Å². The molecule has 0 unspecified atom stereocenters. The summed E-state index contributed by atoms with van der Waals surface area (Å²) in [5.74, 6) is 0. The second-order valence-corrected chi connectivity index (χ2v) is 5.09. The van der Waals surface area contributed by atoms with E-state index in [0.717, 1.165) is 0 Å². The average molecular weight is 196 g/mol. The van der Waals surface area contributed by atoms with Crippen LogP contribution >= 0.6 is 0 Å². The van der Waals surface area contributed by atoms with Crippen LogP contribution in [-0.4, -0.2) is 49.6 Å². The highest BCUT2D eigenvalue weighted by molar-refractivity contribution is 4.88. The van der Waals surface area contributed by atoms with E-state index in [9.17, 15) is 0 Å². The van der Waals surface area contributed by atoms with Gasteiger partial charge < -0.3 is 9.80 Å². The average Bonchev–Trinajstić information content (AvgIpc) is 2.17. The fourth-order valence-electron chi connectivity index (χ4n) is 1.62. The summed E-state index contributed by atoms with van der Waals surface area (Å²) in [6, 6.07) is 0. The fraction of sp³-hybridized carbons (Fsp3) is 0.833. The van der Waals surface area contributed by atoms with Crippen molar-refractivity contribution in [3.63, 3.8) is 0 Å². The third kappa shape index (κ3) is 3.81. The van der Waals surface area contributed by atoms with Crippen LogP contribution in [-0.2, 0) is 0 Å². The van der Waals surface area contributed by atoms with E-state index in [1.54, 1.807) is 0 Å². The zero-order valence-electron chi connectivity index (χ0n) is 9.92. The second kappa shape index (κ2) is 4.94. The Hall–Kier alpha value is -0.340. The van der Waals surface area contributed by atoms with Gasteiger partial charge in [0.1, 0.15) is 0 Å². The zero-order valence-corrected chi connectivity index (χ0v) is 9.92. The first-order valence-electron chi connectivity index (χ1n) is 5.58. The van der Waals surface area contributed by atoms with Gasteiger partial charge in [-0.2, -0.15) is 0 Å². The molecule has 0 aliphatic carbocycles. The van der Waals surface area contributed by atoms with Gasteiger partial charge in [0, 0.05) is 26.2 Å². The predicted octanol–water partition coefficient (Wildman–Crippen LogP) is 1.84. The Balaban J connectivity index is 2.22. The Kier molecular flexibility index (Phi) is 4.14. The maximum Gasteiger partial charge on any atom is 0.0110 e. The molecule has 2 heteroatoms. The topological polar surface area (TPSA) is 6.48 Å². The van der Waals surface area contributed by atoms with Gasteiger partial charge in [-0.25, -0.2) is 0 Å². The molecule has 82 valence electrons. The SMILES string of the molecule is C=CC(C)(C)CCN1CCN(C)CC1. The van der Waals surface area contributed by atoms with Crippen molar-refractivity contribution < 1.29 is 0 Å². The van der Waals surface area contributed by atoms with Crippen LogP contribution in [0.2, 0.25) is 0 Å². The van der Waals surface area contributed by atoms with Gasteiger partial charge in [-0.3, -0.25) is 0 Å². The molecule has 0 atom stereocenters. The van der Waals surface area contributed by atoms with E-state index in [1.165, 1.54) is 39.1 Å². The summed E-state index contributed by atoms with van der Waals surface area (Å²) in [6.45, 7) is 14.5. The molecule has 0 aromatic rings. The third-order valence-electron chi connectivity index (χ3n) is 3.22. The summed E-state index contributed by atoms with van der Waals surface area (Å²) in [7, 11) is 2.20. The molecule has 0 bridgehead atoms. The van der Waals surface area contributed by atoms with Crippen LogP contribution in [0.4, 0.5) is 0 Å². The number of allylic oxidation sites excluding steroid dienone is 1. The summed E-state index contributed by atoms with van der Waals surface area (Å²) < 4.78 is 0. The molecule has 0 N–H and O–H groups in total. The summed E-state index contributed by atoms with van der Waals surface area (Å²) in [5.41, 5.74) is 0.295. The van der Waals surface area contributed by atoms with Gasteiger partial charge in [0.2, 0.25) is 0 Å². The summed E-state index contributed by atoms with van der Waals surface area (Å²) in [5, 5.41) is 0. The lowest BCUT2D eigenvalue weighted by molar-refractivity contribution is 0.143. The standard InChI is InChI=1S/C12H24N2/c1-5-12(2,3)6-7-14-10-8-13(4)9-11-14/h5H,1,6-11H2,2-4H3. The van der Waals surface area contributed by atoms with Crippen molar-refractivity contribution in [2.45, 2.75) is 20.3 Å².